The van der Waals surface area contributed by atoms with Gasteiger partial charge in [-0.15, -0.1) is 11.3 Å². The Hall–Kier alpha value is -1.17. The third-order valence-corrected chi connectivity index (χ3v) is 4.26. The third-order valence-electron chi connectivity index (χ3n) is 2.25. The lowest BCUT2D eigenvalue weighted by Crippen LogP contribution is -1.96. The maximum atomic E-state index is 5.92. The van der Waals surface area contributed by atoms with E-state index in [2.05, 4.69) is 15.3 Å². The lowest BCUT2D eigenvalue weighted by atomic mass is 10.3. The number of nitrogens with one attached hydrogen (secondary N) is 1. The van der Waals surface area contributed by atoms with Gasteiger partial charge in [0.05, 0.1) is 22.3 Å². The van der Waals surface area contributed by atoms with Gasteiger partial charge in [-0.05, 0) is 18.2 Å². The van der Waals surface area contributed by atoms with Gasteiger partial charge >= 0.3 is 0 Å². The van der Waals surface area contributed by atoms with Crippen LogP contribution in [0.1, 0.15) is 4.88 Å². The Morgan fingerprint density at radius 3 is 3.12 bits per heavy atom. The van der Waals surface area contributed by atoms with Gasteiger partial charge in [-0.25, -0.2) is 4.98 Å². The first-order valence-electron chi connectivity index (χ1n) is 4.98. The van der Waals surface area contributed by atoms with Crippen molar-refractivity contribution in [1.82, 2.24) is 9.97 Å². The van der Waals surface area contributed by atoms with Crippen LogP contribution in [-0.4, -0.2) is 9.97 Å². The number of aromatic nitrogens is 2. The quantitative estimate of drug-likeness (QED) is 0.788. The maximum Gasteiger partial charge on any atom is 0.184 e. The van der Waals surface area contributed by atoms with Gasteiger partial charge in [0.15, 0.2) is 5.13 Å². The van der Waals surface area contributed by atoms with E-state index in [1.165, 1.54) is 4.88 Å². The van der Waals surface area contributed by atoms with Crippen molar-refractivity contribution in [1.29, 1.82) is 0 Å². The predicted octanol–water partition coefficient (Wildman–Crippen LogP) is 4.02. The highest BCUT2D eigenvalue weighted by Crippen LogP contribution is 2.28. The fourth-order valence-electron chi connectivity index (χ4n) is 1.47. The summed E-state index contributed by atoms with van der Waals surface area (Å²) >= 11 is 9.19. The summed E-state index contributed by atoms with van der Waals surface area (Å²) in [4.78, 5) is 9.71. The van der Waals surface area contributed by atoms with Gasteiger partial charge < -0.3 is 5.32 Å². The average Bonchev–Trinajstić information content (AvgIpc) is 2.94. The molecule has 0 radical (unpaired) electrons. The predicted molar refractivity (Wildman–Crippen MR) is 74.1 cm³/mol. The minimum atomic E-state index is 0.719. The highest BCUT2D eigenvalue weighted by Gasteiger charge is 2.04. The van der Waals surface area contributed by atoms with Crippen LogP contribution in [0.25, 0.3) is 10.2 Å². The topological polar surface area (TPSA) is 37.8 Å². The first kappa shape index (κ1) is 11.0. The summed E-state index contributed by atoms with van der Waals surface area (Å²) in [7, 11) is 0. The molecule has 86 valence electrons. The second-order valence-electron chi connectivity index (χ2n) is 3.45. The van der Waals surface area contributed by atoms with Crippen LogP contribution >= 0.6 is 34.3 Å². The zero-order chi connectivity index (χ0) is 11.7. The summed E-state index contributed by atoms with van der Waals surface area (Å²) in [5.41, 5.74) is 2.77. The summed E-state index contributed by atoms with van der Waals surface area (Å²) < 4.78 is 1.14. The number of thiazole rings is 2. The van der Waals surface area contributed by atoms with Gasteiger partial charge in [-0.2, -0.15) is 0 Å². The monoisotopic (exact) mass is 281 g/mol. The van der Waals surface area contributed by atoms with E-state index in [1.807, 2.05) is 29.9 Å². The number of hydrogen-bond acceptors (Lipinski definition) is 5. The van der Waals surface area contributed by atoms with Gasteiger partial charge in [0.25, 0.3) is 0 Å². The molecule has 0 unspecified atom stereocenters. The third kappa shape index (κ3) is 2.41. The number of benzene rings is 1. The van der Waals surface area contributed by atoms with Crippen LogP contribution in [-0.2, 0) is 6.54 Å². The summed E-state index contributed by atoms with van der Waals surface area (Å²) in [6, 6.07) is 5.76. The Kier molecular flexibility index (Phi) is 2.96. The Bertz CT molecular complexity index is 633. The van der Waals surface area contributed by atoms with Crippen molar-refractivity contribution in [2.24, 2.45) is 0 Å². The van der Waals surface area contributed by atoms with Crippen molar-refractivity contribution >= 4 is 49.6 Å². The molecule has 0 aliphatic heterocycles. The first-order chi connectivity index (χ1) is 8.31. The Morgan fingerprint density at radius 2 is 2.29 bits per heavy atom. The number of anilines is 1. The van der Waals surface area contributed by atoms with E-state index in [-0.39, 0.29) is 0 Å². The normalized spacial score (nSPS) is 10.9. The standard InChI is InChI=1S/C11H8ClN3S2/c12-7-1-2-10-9(3-7)15-11(17-10)14-5-8-4-13-6-16-8/h1-4,6H,5H2,(H,14,15). The van der Waals surface area contributed by atoms with E-state index < -0.39 is 0 Å². The van der Waals surface area contributed by atoms with Crippen molar-refractivity contribution in [3.05, 3.63) is 39.8 Å². The Labute approximate surface area is 111 Å². The Balaban J connectivity index is 1.81. The molecule has 2 aromatic heterocycles. The minimum absolute atomic E-state index is 0.719. The molecule has 0 amide bonds. The molecule has 1 aromatic carbocycles. The molecule has 0 atom stereocenters. The van der Waals surface area contributed by atoms with E-state index in [0.717, 1.165) is 26.9 Å². The van der Waals surface area contributed by atoms with E-state index >= 15 is 0 Å². The number of halogens is 1. The minimum Gasteiger partial charge on any atom is -0.357 e. The van der Waals surface area contributed by atoms with Crippen molar-refractivity contribution in [2.75, 3.05) is 5.32 Å². The molecular formula is C11H8ClN3S2. The summed E-state index contributed by atoms with van der Waals surface area (Å²) in [6.45, 7) is 0.762. The number of fused-ring (bicyclic) bond motifs is 1. The van der Waals surface area contributed by atoms with Gasteiger partial charge in [0.2, 0.25) is 0 Å². The first-order valence-corrected chi connectivity index (χ1v) is 7.06. The molecule has 6 heteroatoms. The molecule has 0 saturated heterocycles. The van der Waals surface area contributed by atoms with Crippen LogP contribution in [0.4, 0.5) is 5.13 Å². The molecule has 3 aromatic rings. The molecule has 1 N–H and O–H groups in total. The number of nitrogens with zero attached hydrogens (tertiary/aromatic N) is 2. The van der Waals surface area contributed by atoms with E-state index in [1.54, 1.807) is 22.7 Å². The van der Waals surface area contributed by atoms with Crippen LogP contribution in [0, 0.1) is 0 Å². The SMILES string of the molecule is Clc1ccc2sc(NCc3cncs3)nc2c1. The molecule has 0 saturated carbocycles. The van der Waals surface area contributed by atoms with Crippen molar-refractivity contribution in [2.45, 2.75) is 6.54 Å². The highest BCUT2D eigenvalue weighted by atomic mass is 35.5. The summed E-state index contributed by atoms with van der Waals surface area (Å²) in [5.74, 6) is 0. The van der Waals surface area contributed by atoms with Crippen molar-refractivity contribution < 1.29 is 0 Å². The van der Waals surface area contributed by atoms with Gasteiger partial charge in [0, 0.05) is 16.1 Å². The molecule has 17 heavy (non-hydrogen) atoms. The second-order valence-corrected chi connectivity index (χ2v) is 5.89. The molecule has 3 rings (SSSR count). The molecule has 0 aliphatic carbocycles. The van der Waals surface area contributed by atoms with Crippen LogP contribution in [0.2, 0.25) is 5.02 Å². The average molecular weight is 282 g/mol. The molecular weight excluding hydrogens is 274 g/mol. The summed E-state index contributed by atoms with van der Waals surface area (Å²) in [5, 5.41) is 4.92. The lowest BCUT2D eigenvalue weighted by molar-refractivity contribution is 1.16. The zero-order valence-electron chi connectivity index (χ0n) is 8.68. The smallest absolute Gasteiger partial charge is 0.184 e. The molecule has 0 bridgehead atoms. The fourth-order valence-corrected chi connectivity index (χ4v) is 3.01. The zero-order valence-corrected chi connectivity index (χ0v) is 11.1. The van der Waals surface area contributed by atoms with E-state index in [0.29, 0.717) is 0 Å². The van der Waals surface area contributed by atoms with Gasteiger partial charge in [0.1, 0.15) is 0 Å². The second kappa shape index (κ2) is 4.60. The van der Waals surface area contributed by atoms with E-state index in [4.69, 9.17) is 11.6 Å². The van der Waals surface area contributed by atoms with Gasteiger partial charge in [-0.1, -0.05) is 22.9 Å². The molecule has 0 spiro atoms. The number of hydrogen-bond donors (Lipinski definition) is 1. The number of rotatable bonds is 3. The summed E-state index contributed by atoms with van der Waals surface area (Å²) in [6.07, 6.45) is 1.86. The fraction of sp³-hybridized carbons (Fsp3) is 0.0909. The maximum absolute atomic E-state index is 5.92. The molecule has 0 aliphatic rings. The molecule has 2 heterocycles. The van der Waals surface area contributed by atoms with Crippen LogP contribution in [0.5, 0.6) is 0 Å². The van der Waals surface area contributed by atoms with Crippen LogP contribution < -0.4 is 5.32 Å². The van der Waals surface area contributed by atoms with Crippen LogP contribution in [0.3, 0.4) is 0 Å². The van der Waals surface area contributed by atoms with E-state index in [9.17, 15) is 0 Å². The molecule has 3 nitrogen and oxygen atoms in total. The molecule has 0 fully saturated rings. The highest BCUT2D eigenvalue weighted by molar-refractivity contribution is 7.22. The van der Waals surface area contributed by atoms with Gasteiger partial charge in [-0.3, -0.25) is 4.98 Å². The van der Waals surface area contributed by atoms with Crippen LogP contribution in [0.15, 0.2) is 29.9 Å². The van der Waals surface area contributed by atoms with Crippen molar-refractivity contribution in [3.8, 4) is 0 Å². The lowest BCUT2D eigenvalue weighted by Gasteiger charge is -1.97. The largest absolute Gasteiger partial charge is 0.357 e. The Morgan fingerprint density at radius 1 is 1.35 bits per heavy atom. The van der Waals surface area contributed by atoms with Crippen molar-refractivity contribution in [3.63, 3.8) is 0 Å².